The predicted molar refractivity (Wildman–Crippen MR) is 69.6 cm³/mol. The molecule has 1 heterocycles. The number of carbonyl (C=O) groups is 2. The highest BCUT2D eigenvalue weighted by atomic mass is 79.9. The van der Waals surface area contributed by atoms with Gasteiger partial charge in [0, 0.05) is 20.2 Å². The zero-order chi connectivity index (χ0) is 12.8. The third kappa shape index (κ3) is 1.75. The fraction of sp³-hybridized carbons (Fsp3) is 0.273. The standard InChI is InChI=1S/C11H9Br2NO3/c1-5(4-15)11(17)9-7(13)2-6(12)3-8(9)14-10(11)16/h2-5,17H,1H3,(H,14,16)/t5?,11-/m1/s1. The number of rotatable bonds is 2. The lowest BCUT2D eigenvalue weighted by Crippen LogP contribution is -2.41. The van der Waals surface area contributed by atoms with Crippen molar-refractivity contribution in [1.29, 1.82) is 0 Å². The normalized spacial score (nSPS) is 24.1. The van der Waals surface area contributed by atoms with E-state index in [9.17, 15) is 14.7 Å². The van der Waals surface area contributed by atoms with Crippen molar-refractivity contribution in [2.24, 2.45) is 5.92 Å². The second-order valence-electron chi connectivity index (χ2n) is 3.96. The molecule has 0 fully saturated rings. The van der Waals surface area contributed by atoms with Gasteiger partial charge < -0.3 is 15.2 Å². The van der Waals surface area contributed by atoms with Gasteiger partial charge in [-0.2, -0.15) is 0 Å². The van der Waals surface area contributed by atoms with Gasteiger partial charge >= 0.3 is 0 Å². The highest BCUT2D eigenvalue weighted by Crippen LogP contribution is 2.45. The van der Waals surface area contributed by atoms with E-state index in [0.29, 0.717) is 22.0 Å². The van der Waals surface area contributed by atoms with E-state index in [-0.39, 0.29) is 0 Å². The van der Waals surface area contributed by atoms with E-state index in [1.54, 1.807) is 12.1 Å². The number of halogens is 2. The van der Waals surface area contributed by atoms with Crippen LogP contribution in [0.4, 0.5) is 5.69 Å². The predicted octanol–water partition coefficient (Wildman–Crippen LogP) is 2.19. The van der Waals surface area contributed by atoms with Crippen molar-refractivity contribution in [2.75, 3.05) is 5.32 Å². The van der Waals surface area contributed by atoms with Gasteiger partial charge in [-0.25, -0.2) is 0 Å². The zero-order valence-electron chi connectivity index (χ0n) is 8.83. The van der Waals surface area contributed by atoms with Crippen molar-refractivity contribution in [3.63, 3.8) is 0 Å². The summed E-state index contributed by atoms with van der Waals surface area (Å²) in [4.78, 5) is 22.7. The molecule has 0 saturated carbocycles. The number of carbonyl (C=O) groups excluding carboxylic acids is 2. The molecule has 1 amide bonds. The Morgan fingerprint density at radius 1 is 1.47 bits per heavy atom. The third-order valence-electron chi connectivity index (χ3n) is 2.89. The first-order chi connectivity index (χ1) is 7.91. The summed E-state index contributed by atoms with van der Waals surface area (Å²) in [6.07, 6.45) is 0.573. The zero-order valence-corrected chi connectivity index (χ0v) is 12.0. The van der Waals surface area contributed by atoms with Gasteiger partial charge in [0.15, 0.2) is 5.60 Å². The highest BCUT2D eigenvalue weighted by molar-refractivity contribution is 9.11. The molecule has 2 rings (SSSR count). The van der Waals surface area contributed by atoms with Crippen molar-refractivity contribution in [3.8, 4) is 0 Å². The van der Waals surface area contributed by atoms with Crippen LogP contribution in [-0.4, -0.2) is 17.3 Å². The number of aldehydes is 1. The van der Waals surface area contributed by atoms with Gasteiger partial charge in [0.1, 0.15) is 6.29 Å². The molecule has 4 nitrogen and oxygen atoms in total. The summed E-state index contributed by atoms with van der Waals surface area (Å²) in [5.74, 6) is -1.40. The maximum absolute atomic E-state index is 11.9. The maximum Gasteiger partial charge on any atom is 0.261 e. The minimum atomic E-state index is -1.81. The van der Waals surface area contributed by atoms with E-state index < -0.39 is 17.4 Å². The van der Waals surface area contributed by atoms with Gasteiger partial charge in [-0.1, -0.05) is 38.8 Å². The van der Waals surface area contributed by atoms with Gasteiger partial charge in [-0.15, -0.1) is 0 Å². The van der Waals surface area contributed by atoms with Crippen LogP contribution in [0.1, 0.15) is 12.5 Å². The maximum atomic E-state index is 11.9. The largest absolute Gasteiger partial charge is 0.375 e. The van der Waals surface area contributed by atoms with Gasteiger partial charge in [0.25, 0.3) is 5.91 Å². The molecule has 17 heavy (non-hydrogen) atoms. The van der Waals surface area contributed by atoms with Gasteiger partial charge in [-0.05, 0) is 12.1 Å². The van der Waals surface area contributed by atoms with E-state index in [1.807, 2.05) is 0 Å². The Balaban J connectivity index is 2.69. The Hall–Kier alpha value is -0.720. The summed E-state index contributed by atoms with van der Waals surface area (Å²) in [5.41, 5.74) is -0.894. The van der Waals surface area contributed by atoms with Crippen LogP contribution in [-0.2, 0) is 15.2 Å². The first-order valence-corrected chi connectivity index (χ1v) is 6.48. The summed E-state index contributed by atoms with van der Waals surface area (Å²) in [6.45, 7) is 1.51. The van der Waals surface area contributed by atoms with Gasteiger partial charge in [0.2, 0.25) is 0 Å². The number of hydrogen-bond acceptors (Lipinski definition) is 3. The molecule has 2 atom stereocenters. The second kappa shape index (κ2) is 4.19. The Bertz CT molecular complexity index is 518. The van der Waals surface area contributed by atoms with Crippen LogP contribution in [0.15, 0.2) is 21.1 Å². The first kappa shape index (κ1) is 12.7. The summed E-state index contributed by atoms with van der Waals surface area (Å²) < 4.78 is 1.35. The summed E-state index contributed by atoms with van der Waals surface area (Å²) in [7, 11) is 0. The molecule has 1 aromatic rings. The van der Waals surface area contributed by atoms with Gasteiger partial charge in [-0.3, -0.25) is 4.79 Å². The Morgan fingerprint density at radius 2 is 2.12 bits per heavy atom. The smallest absolute Gasteiger partial charge is 0.261 e. The summed E-state index contributed by atoms with van der Waals surface area (Å²) in [5, 5.41) is 13.0. The summed E-state index contributed by atoms with van der Waals surface area (Å²) >= 11 is 6.60. The average Bonchev–Trinajstić information content (AvgIpc) is 2.50. The Morgan fingerprint density at radius 3 is 2.71 bits per heavy atom. The van der Waals surface area contributed by atoms with E-state index in [0.717, 1.165) is 4.47 Å². The molecule has 0 radical (unpaired) electrons. The molecule has 0 aliphatic carbocycles. The number of nitrogens with one attached hydrogen (secondary N) is 1. The van der Waals surface area contributed by atoms with Crippen LogP contribution in [0.25, 0.3) is 0 Å². The summed E-state index contributed by atoms with van der Waals surface area (Å²) in [6, 6.07) is 3.41. The van der Waals surface area contributed by atoms with Crippen LogP contribution < -0.4 is 5.32 Å². The molecule has 0 spiro atoms. The molecule has 6 heteroatoms. The third-order valence-corrected chi connectivity index (χ3v) is 3.98. The SMILES string of the molecule is CC(C=O)[C@]1(O)C(=O)Nc2cc(Br)cc(Br)c21. The van der Waals surface area contributed by atoms with E-state index >= 15 is 0 Å². The topological polar surface area (TPSA) is 66.4 Å². The van der Waals surface area contributed by atoms with Crippen LogP contribution in [0.5, 0.6) is 0 Å². The fourth-order valence-electron chi connectivity index (χ4n) is 1.92. The van der Waals surface area contributed by atoms with E-state index in [1.165, 1.54) is 6.92 Å². The molecule has 1 unspecified atom stereocenters. The van der Waals surface area contributed by atoms with E-state index in [4.69, 9.17) is 0 Å². The monoisotopic (exact) mass is 361 g/mol. The molecule has 1 aliphatic heterocycles. The van der Waals surface area contributed by atoms with Crippen molar-refractivity contribution in [3.05, 3.63) is 26.6 Å². The Labute approximate surface area is 115 Å². The molecule has 2 N–H and O–H groups in total. The number of aliphatic hydroxyl groups is 1. The van der Waals surface area contributed by atoms with E-state index in [2.05, 4.69) is 37.2 Å². The molecule has 1 aromatic carbocycles. The number of fused-ring (bicyclic) bond motifs is 1. The lowest BCUT2D eigenvalue weighted by molar-refractivity contribution is -0.143. The van der Waals surface area contributed by atoms with Crippen molar-refractivity contribution < 1.29 is 14.7 Å². The molecule has 0 saturated heterocycles. The van der Waals surface area contributed by atoms with Gasteiger partial charge in [0.05, 0.1) is 5.92 Å². The molecule has 0 bridgehead atoms. The van der Waals surface area contributed by atoms with Crippen molar-refractivity contribution in [1.82, 2.24) is 0 Å². The Kier molecular flexibility index (Phi) is 3.14. The van der Waals surface area contributed by atoms with Crippen molar-refractivity contribution >= 4 is 49.7 Å². The fourth-order valence-corrected chi connectivity index (χ4v) is 3.45. The molecule has 0 aromatic heterocycles. The first-order valence-electron chi connectivity index (χ1n) is 4.90. The minimum Gasteiger partial charge on any atom is -0.375 e. The van der Waals surface area contributed by atoms with Crippen molar-refractivity contribution in [2.45, 2.75) is 12.5 Å². The minimum absolute atomic E-state index is 0.408. The lowest BCUT2D eigenvalue weighted by atomic mass is 9.84. The van der Waals surface area contributed by atoms with Crippen LogP contribution >= 0.6 is 31.9 Å². The molecular weight excluding hydrogens is 354 g/mol. The number of benzene rings is 1. The quantitative estimate of drug-likeness (QED) is 0.792. The van der Waals surface area contributed by atoms with Crippen LogP contribution in [0, 0.1) is 5.92 Å². The molecule has 1 aliphatic rings. The van der Waals surface area contributed by atoms with Crippen LogP contribution in [0.2, 0.25) is 0 Å². The highest BCUT2D eigenvalue weighted by Gasteiger charge is 2.50. The number of anilines is 1. The second-order valence-corrected chi connectivity index (χ2v) is 5.73. The lowest BCUT2D eigenvalue weighted by Gasteiger charge is -2.24. The van der Waals surface area contributed by atoms with Crippen LogP contribution in [0.3, 0.4) is 0 Å². The number of hydrogen-bond donors (Lipinski definition) is 2. The molecular formula is C11H9Br2NO3. The molecule has 90 valence electrons. The number of amides is 1. The average molecular weight is 363 g/mol.